The van der Waals surface area contributed by atoms with Crippen LogP contribution in [0.15, 0.2) is 24.3 Å². The summed E-state index contributed by atoms with van der Waals surface area (Å²) < 4.78 is 13.3. The molecule has 10 heteroatoms. The number of nitro groups is 1. The van der Waals surface area contributed by atoms with Gasteiger partial charge in [-0.25, -0.2) is 9.48 Å². The van der Waals surface area contributed by atoms with E-state index in [4.69, 9.17) is 26.2 Å². The number of nitro benzene ring substituents is 1. The lowest BCUT2D eigenvalue weighted by Gasteiger charge is -2.24. The van der Waals surface area contributed by atoms with Gasteiger partial charge in [0.2, 0.25) is 5.88 Å². The lowest BCUT2D eigenvalue weighted by molar-refractivity contribution is -0.384. The second-order valence-corrected chi connectivity index (χ2v) is 9.43. The van der Waals surface area contributed by atoms with Crippen molar-refractivity contribution in [3.8, 4) is 11.6 Å². The SMILES string of the molecule is CN(Cc1cc(Oc2ccc([N+](=O)[O-])c(Cl)c2)n(C2CCCCC2)n1)C(=O)OC(C)(C)C. The zero-order valence-corrected chi connectivity index (χ0v) is 19.6. The molecule has 0 radical (unpaired) electrons. The molecule has 1 fully saturated rings. The number of hydrogen-bond donors (Lipinski definition) is 0. The van der Waals surface area contributed by atoms with E-state index in [0.29, 0.717) is 17.3 Å². The second-order valence-electron chi connectivity index (χ2n) is 9.02. The van der Waals surface area contributed by atoms with Crippen molar-refractivity contribution in [2.45, 2.75) is 71.1 Å². The van der Waals surface area contributed by atoms with E-state index in [2.05, 4.69) is 0 Å². The summed E-state index contributed by atoms with van der Waals surface area (Å²) in [6.07, 6.45) is 4.95. The Bertz CT molecular complexity index is 979. The van der Waals surface area contributed by atoms with Gasteiger partial charge < -0.3 is 14.4 Å². The van der Waals surface area contributed by atoms with Crippen molar-refractivity contribution in [3.05, 3.63) is 45.1 Å². The molecule has 0 aliphatic heterocycles. The molecule has 0 bridgehead atoms. The Morgan fingerprint density at radius 2 is 1.97 bits per heavy atom. The molecular formula is C22H29ClN4O5. The highest BCUT2D eigenvalue weighted by molar-refractivity contribution is 6.32. The van der Waals surface area contributed by atoms with Gasteiger partial charge in [-0.05, 0) is 39.7 Å². The number of aromatic nitrogens is 2. The zero-order valence-electron chi connectivity index (χ0n) is 18.8. The number of ether oxygens (including phenoxy) is 2. The fourth-order valence-corrected chi connectivity index (χ4v) is 3.87. The number of rotatable bonds is 6. The molecule has 1 saturated carbocycles. The summed E-state index contributed by atoms with van der Waals surface area (Å²) in [5.41, 5.74) is -0.109. The standard InChI is InChI=1S/C22H29ClN4O5/c1-22(2,3)32-21(28)25(4)14-15-12-20(26(24-15)16-8-6-5-7-9-16)31-17-10-11-19(27(29)30)18(23)13-17/h10-13,16H,5-9,14H2,1-4H3. The third-order valence-electron chi connectivity index (χ3n) is 5.12. The Balaban J connectivity index is 1.84. The van der Waals surface area contributed by atoms with E-state index in [9.17, 15) is 14.9 Å². The molecule has 174 valence electrons. The molecule has 1 aromatic carbocycles. The van der Waals surface area contributed by atoms with Crippen LogP contribution in [0.3, 0.4) is 0 Å². The number of carbonyl (C=O) groups excluding carboxylic acids is 1. The van der Waals surface area contributed by atoms with Gasteiger partial charge in [-0.15, -0.1) is 0 Å². The van der Waals surface area contributed by atoms with E-state index in [1.165, 1.54) is 29.5 Å². The second kappa shape index (κ2) is 9.77. The van der Waals surface area contributed by atoms with Crippen LogP contribution in [-0.4, -0.2) is 38.3 Å². The van der Waals surface area contributed by atoms with Crippen molar-refractivity contribution in [1.29, 1.82) is 0 Å². The molecule has 0 spiro atoms. The Kier molecular flexibility index (Phi) is 7.28. The largest absolute Gasteiger partial charge is 0.444 e. The lowest BCUT2D eigenvalue weighted by Crippen LogP contribution is -2.34. The average molecular weight is 465 g/mol. The topological polar surface area (TPSA) is 99.7 Å². The molecule has 0 saturated heterocycles. The summed E-state index contributed by atoms with van der Waals surface area (Å²) >= 11 is 6.04. The highest BCUT2D eigenvalue weighted by Gasteiger charge is 2.24. The van der Waals surface area contributed by atoms with Crippen LogP contribution >= 0.6 is 11.6 Å². The normalized spacial score (nSPS) is 14.8. The first-order chi connectivity index (χ1) is 15.0. The molecule has 0 unspecified atom stereocenters. The van der Waals surface area contributed by atoms with Gasteiger partial charge in [0.25, 0.3) is 5.69 Å². The fourth-order valence-electron chi connectivity index (χ4n) is 3.63. The number of benzene rings is 1. The van der Waals surface area contributed by atoms with E-state index in [1.807, 2.05) is 25.5 Å². The van der Waals surface area contributed by atoms with Gasteiger partial charge in [0.05, 0.1) is 23.2 Å². The van der Waals surface area contributed by atoms with E-state index in [1.54, 1.807) is 13.1 Å². The van der Waals surface area contributed by atoms with Crippen molar-refractivity contribution < 1.29 is 19.2 Å². The average Bonchev–Trinajstić information content (AvgIpc) is 3.09. The summed E-state index contributed by atoms with van der Waals surface area (Å²) in [4.78, 5) is 24.3. The van der Waals surface area contributed by atoms with Gasteiger partial charge >= 0.3 is 6.09 Å². The van der Waals surface area contributed by atoms with Gasteiger partial charge in [-0.2, -0.15) is 5.10 Å². The van der Waals surface area contributed by atoms with Crippen LogP contribution in [0.5, 0.6) is 11.6 Å². The monoisotopic (exact) mass is 464 g/mol. The van der Waals surface area contributed by atoms with Crippen LogP contribution in [0.2, 0.25) is 5.02 Å². The molecule has 0 atom stereocenters. The summed E-state index contributed by atoms with van der Waals surface area (Å²) in [6, 6.07) is 6.22. The summed E-state index contributed by atoms with van der Waals surface area (Å²) in [6.45, 7) is 5.71. The van der Waals surface area contributed by atoms with Gasteiger partial charge in [-0.1, -0.05) is 30.9 Å². The Hall–Kier alpha value is -2.81. The quantitative estimate of drug-likeness (QED) is 0.377. The minimum atomic E-state index is -0.587. The molecule has 3 rings (SSSR count). The van der Waals surface area contributed by atoms with Crippen molar-refractivity contribution in [3.63, 3.8) is 0 Å². The molecule has 1 aromatic heterocycles. The fraction of sp³-hybridized carbons (Fsp3) is 0.545. The third-order valence-corrected chi connectivity index (χ3v) is 5.42. The van der Waals surface area contributed by atoms with E-state index in [0.717, 1.165) is 25.7 Å². The van der Waals surface area contributed by atoms with Gasteiger partial charge in [-0.3, -0.25) is 10.1 Å². The lowest BCUT2D eigenvalue weighted by atomic mass is 9.96. The number of hydrogen-bond acceptors (Lipinski definition) is 6. The van der Waals surface area contributed by atoms with Crippen LogP contribution in [0.4, 0.5) is 10.5 Å². The number of carbonyl (C=O) groups is 1. The number of amides is 1. The van der Waals surface area contributed by atoms with Crippen LogP contribution in [0, 0.1) is 10.1 Å². The van der Waals surface area contributed by atoms with Gasteiger partial charge in [0, 0.05) is 25.2 Å². The third kappa shape index (κ3) is 6.12. The smallest absolute Gasteiger partial charge is 0.410 e. The Labute approximate surface area is 192 Å². The summed E-state index contributed by atoms with van der Waals surface area (Å²) in [5, 5.41) is 15.7. The molecule has 1 aliphatic carbocycles. The molecule has 1 aliphatic rings. The predicted octanol–water partition coefficient (Wildman–Crippen LogP) is 6.11. The highest BCUT2D eigenvalue weighted by atomic mass is 35.5. The van der Waals surface area contributed by atoms with Crippen LogP contribution in [-0.2, 0) is 11.3 Å². The van der Waals surface area contributed by atoms with E-state index in [-0.39, 0.29) is 23.3 Å². The Morgan fingerprint density at radius 3 is 2.56 bits per heavy atom. The molecule has 0 N–H and O–H groups in total. The molecular weight excluding hydrogens is 436 g/mol. The first-order valence-corrected chi connectivity index (χ1v) is 11.1. The first kappa shape index (κ1) is 23.8. The molecule has 1 heterocycles. The Morgan fingerprint density at radius 1 is 1.28 bits per heavy atom. The van der Waals surface area contributed by atoms with Crippen LogP contribution in [0.25, 0.3) is 0 Å². The van der Waals surface area contributed by atoms with Crippen molar-refractivity contribution in [2.75, 3.05) is 7.05 Å². The summed E-state index contributed by atoms with van der Waals surface area (Å²) in [5.74, 6) is 0.888. The van der Waals surface area contributed by atoms with Gasteiger partial charge in [0.1, 0.15) is 16.4 Å². The maximum absolute atomic E-state index is 12.3. The molecule has 1 amide bonds. The number of halogens is 1. The number of nitrogens with zero attached hydrogens (tertiary/aromatic N) is 4. The maximum Gasteiger partial charge on any atom is 0.410 e. The molecule has 2 aromatic rings. The summed E-state index contributed by atoms with van der Waals surface area (Å²) in [7, 11) is 1.66. The van der Waals surface area contributed by atoms with Crippen LogP contribution < -0.4 is 4.74 Å². The van der Waals surface area contributed by atoms with Crippen LogP contribution in [0.1, 0.15) is 64.6 Å². The van der Waals surface area contributed by atoms with Gasteiger partial charge in [0.15, 0.2) is 0 Å². The van der Waals surface area contributed by atoms with Crippen molar-refractivity contribution in [1.82, 2.24) is 14.7 Å². The predicted molar refractivity (Wildman–Crippen MR) is 120 cm³/mol. The highest BCUT2D eigenvalue weighted by Crippen LogP contribution is 2.35. The van der Waals surface area contributed by atoms with E-state index >= 15 is 0 Å². The van der Waals surface area contributed by atoms with Crippen molar-refractivity contribution in [2.24, 2.45) is 0 Å². The van der Waals surface area contributed by atoms with E-state index < -0.39 is 16.6 Å². The molecule has 32 heavy (non-hydrogen) atoms. The maximum atomic E-state index is 12.3. The minimum absolute atomic E-state index is 0.00103. The first-order valence-electron chi connectivity index (χ1n) is 10.7. The van der Waals surface area contributed by atoms with Crippen molar-refractivity contribution >= 4 is 23.4 Å². The molecule has 9 nitrogen and oxygen atoms in total. The zero-order chi connectivity index (χ0) is 23.5. The minimum Gasteiger partial charge on any atom is -0.444 e.